The Kier molecular flexibility index (Phi) is 7.03. The largest absolute Gasteiger partial charge is 0.361 e. The number of aryl methyl sites for hydroxylation is 2. The molecule has 0 aliphatic heterocycles. The van der Waals surface area contributed by atoms with Crippen LogP contribution in [0.1, 0.15) is 34.3 Å². The van der Waals surface area contributed by atoms with Crippen LogP contribution in [0.4, 0.5) is 15.2 Å². The van der Waals surface area contributed by atoms with E-state index < -0.39 is 5.82 Å². The minimum atomic E-state index is -0.528. The number of carbonyl (C=O) groups excluding carboxylic acids is 2. The summed E-state index contributed by atoms with van der Waals surface area (Å²) >= 11 is 2.60. The molecule has 1 aromatic carbocycles. The monoisotopic (exact) mass is 497 g/mol. The van der Waals surface area contributed by atoms with E-state index in [9.17, 15) is 14.0 Å². The van der Waals surface area contributed by atoms with Gasteiger partial charge >= 0.3 is 0 Å². The first kappa shape index (κ1) is 23.6. The predicted octanol–water partition coefficient (Wildman–Crippen LogP) is 5.45. The van der Waals surface area contributed by atoms with Gasteiger partial charge in [0, 0.05) is 41.1 Å². The molecule has 0 spiro atoms. The zero-order chi connectivity index (χ0) is 24.2. The van der Waals surface area contributed by atoms with Crippen LogP contribution in [0, 0.1) is 19.7 Å². The van der Waals surface area contributed by atoms with E-state index >= 15 is 0 Å². The van der Waals surface area contributed by atoms with Crippen molar-refractivity contribution in [2.24, 2.45) is 0 Å². The molecule has 0 aliphatic rings. The highest BCUT2D eigenvalue weighted by Crippen LogP contribution is 2.30. The maximum absolute atomic E-state index is 14.5. The number of amides is 2. The van der Waals surface area contributed by atoms with Gasteiger partial charge in [-0.2, -0.15) is 0 Å². The average molecular weight is 498 g/mol. The molecule has 0 aliphatic carbocycles. The normalized spacial score (nSPS) is 10.8. The van der Waals surface area contributed by atoms with E-state index in [2.05, 4.69) is 25.8 Å². The number of nitrogens with one attached hydrogen (secondary N) is 2. The van der Waals surface area contributed by atoms with E-state index in [-0.39, 0.29) is 17.4 Å². The van der Waals surface area contributed by atoms with Crippen molar-refractivity contribution < 1.29 is 18.5 Å². The second kappa shape index (κ2) is 10.1. The number of thioether (sulfide) groups is 1. The quantitative estimate of drug-likeness (QED) is 0.327. The minimum Gasteiger partial charge on any atom is -0.361 e. The number of hydrogen-bond acceptors (Lipinski definition) is 8. The van der Waals surface area contributed by atoms with E-state index in [1.807, 2.05) is 13.8 Å². The summed E-state index contributed by atoms with van der Waals surface area (Å²) in [4.78, 5) is 32.8. The first-order chi connectivity index (χ1) is 16.3. The Hall–Kier alpha value is -3.57. The summed E-state index contributed by atoms with van der Waals surface area (Å²) in [5, 5.41) is 11.8. The molecular weight excluding hydrogens is 477 g/mol. The number of pyridine rings is 1. The highest BCUT2D eigenvalue weighted by molar-refractivity contribution is 7.98. The van der Waals surface area contributed by atoms with E-state index in [1.165, 1.54) is 42.2 Å². The number of carbonyl (C=O) groups is 2. The second-order valence-electron chi connectivity index (χ2n) is 7.32. The molecule has 0 atom stereocenters. The van der Waals surface area contributed by atoms with Crippen LogP contribution in [-0.2, 0) is 10.5 Å². The van der Waals surface area contributed by atoms with Crippen LogP contribution in [0.2, 0.25) is 0 Å². The van der Waals surface area contributed by atoms with Gasteiger partial charge in [0.1, 0.15) is 16.6 Å². The summed E-state index contributed by atoms with van der Waals surface area (Å²) in [5.41, 5.74) is 3.18. The lowest BCUT2D eigenvalue weighted by molar-refractivity contribution is -0.114. The fraction of sp³-hybridized carbons (Fsp3) is 0.174. The molecule has 3 heterocycles. The first-order valence-electron chi connectivity index (χ1n) is 10.2. The van der Waals surface area contributed by atoms with Gasteiger partial charge in [-0.1, -0.05) is 5.16 Å². The van der Waals surface area contributed by atoms with E-state index in [0.717, 1.165) is 17.0 Å². The lowest BCUT2D eigenvalue weighted by Crippen LogP contribution is -2.13. The molecule has 11 heteroatoms. The summed E-state index contributed by atoms with van der Waals surface area (Å²) in [6.07, 6.45) is 1.63. The lowest BCUT2D eigenvalue weighted by atomic mass is 10.1. The van der Waals surface area contributed by atoms with Crippen molar-refractivity contribution >= 4 is 45.7 Å². The van der Waals surface area contributed by atoms with Gasteiger partial charge in [-0.15, -0.1) is 23.1 Å². The number of hydrogen-bond donors (Lipinski definition) is 2. The zero-order valence-electron chi connectivity index (χ0n) is 18.5. The Bertz CT molecular complexity index is 1350. The molecule has 174 valence electrons. The molecule has 0 unspecified atom stereocenters. The zero-order valence-corrected chi connectivity index (χ0v) is 20.1. The Morgan fingerprint density at radius 1 is 1.21 bits per heavy atom. The van der Waals surface area contributed by atoms with Crippen LogP contribution >= 0.6 is 23.1 Å². The number of nitrogens with zero attached hydrogens (tertiary/aromatic N) is 3. The van der Waals surface area contributed by atoms with Crippen LogP contribution in [0.5, 0.6) is 0 Å². The number of anilines is 2. The van der Waals surface area contributed by atoms with Gasteiger partial charge in [-0.25, -0.2) is 14.4 Å². The third-order valence-electron chi connectivity index (χ3n) is 4.84. The smallest absolute Gasteiger partial charge is 0.260 e. The topological polar surface area (TPSA) is 110 Å². The SMILES string of the molecule is CC(=O)Nc1ccc(-c2csc(NC(=O)c3cccnc3SCc3c(C)noc3C)n2)c(F)c1. The highest BCUT2D eigenvalue weighted by atomic mass is 32.2. The Morgan fingerprint density at radius 2 is 2.03 bits per heavy atom. The molecule has 2 N–H and O–H groups in total. The predicted molar refractivity (Wildman–Crippen MR) is 130 cm³/mol. The van der Waals surface area contributed by atoms with Gasteiger partial charge in [0.2, 0.25) is 5.91 Å². The molecule has 0 saturated carbocycles. The van der Waals surface area contributed by atoms with Gasteiger partial charge in [-0.3, -0.25) is 14.9 Å². The average Bonchev–Trinajstić information content (AvgIpc) is 3.38. The van der Waals surface area contributed by atoms with E-state index in [1.54, 1.807) is 29.8 Å². The highest BCUT2D eigenvalue weighted by Gasteiger charge is 2.18. The van der Waals surface area contributed by atoms with Crippen molar-refractivity contribution in [2.45, 2.75) is 31.6 Å². The van der Waals surface area contributed by atoms with Crippen LogP contribution in [-0.4, -0.2) is 26.9 Å². The van der Waals surface area contributed by atoms with E-state index in [0.29, 0.717) is 32.9 Å². The molecule has 0 radical (unpaired) electrons. The van der Waals surface area contributed by atoms with Crippen molar-refractivity contribution in [1.29, 1.82) is 0 Å². The van der Waals surface area contributed by atoms with Gasteiger partial charge in [0.25, 0.3) is 5.91 Å². The molecule has 2 amide bonds. The summed E-state index contributed by atoms with van der Waals surface area (Å²) in [5.74, 6) is 0.120. The molecule has 0 saturated heterocycles. The van der Waals surface area contributed by atoms with Crippen LogP contribution in [0.25, 0.3) is 11.3 Å². The Balaban J connectivity index is 1.48. The second-order valence-corrected chi connectivity index (χ2v) is 9.14. The van der Waals surface area contributed by atoms with Crippen LogP contribution in [0.15, 0.2) is 51.5 Å². The molecular formula is C23H20FN5O3S2. The number of benzene rings is 1. The van der Waals surface area contributed by atoms with Gasteiger partial charge < -0.3 is 9.84 Å². The fourth-order valence-corrected chi connectivity index (χ4v) is 5.00. The van der Waals surface area contributed by atoms with Crippen LogP contribution in [0.3, 0.4) is 0 Å². The third kappa shape index (κ3) is 5.32. The Morgan fingerprint density at radius 3 is 2.74 bits per heavy atom. The molecule has 4 aromatic rings. The summed E-state index contributed by atoms with van der Waals surface area (Å²) in [6, 6.07) is 7.73. The van der Waals surface area contributed by atoms with Gasteiger partial charge in [0.05, 0.1) is 17.0 Å². The standard InChI is InChI=1S/C23H20FN5O3S2/c1-12-18(13(2)32-29-12)10-33-22-17(5-4-8-25-22)21(31)28-23-27-20(11-34-23)16-7-6-15(9-19(16)24)26-14(3)30/h4-9,11H,10H2,1-3H3,(H,26,30)(H,27,28,31). The molecule has 4 rings (SSSR count). The van der Waals surface area contributed by atoms with Crippen LogP contribution < -0.4 is 10.6 Å². The van der Waals surface area contributed by atoms with Gasteiger partial charge in [-0.05, 0) is 44.2 Å². The van der Waals surface area contributed by atoms with Crippen molar-refractivity contribution in [3.8, 4) is 11.3 Å². The molecule has 34 heavy (non-hydrogen) atoms. The number of halogens is 1. The molecule has 3 aromatic heterocycles. The van der Waals surface area contributed by atoms with E-state index in [4.69, 9.17) is 4.52 Å². The van der Waals surface area contributed by atoms with Crippen molar-refractivity contribution in [3.05, 3.63) is 70.3 Å². The third-order valence-corrected chi connectivity index (χ3v) is 6.63. The molecule has 0 fully saturated rings. The molecule has 8 nitrogen and oxygen atoms in total. The summed E-state index contributed by atoms with van der Waals surface area (Å²) in [7, 11) is 0. The minimum absolute atomic E-state index is 0.267. The van der Waals surface area contributed by atoms with Crippen molar-refractivity contribution in [1.82, 2.24) is 15.1 Å². The maximum Gasteiger partial charge on any atom is 0.260 e. The summed E-state index contributed by atoms with van der Waals surface area (Å²) < 4.78 is 19.7. The number of thiazole rings is 1. The number of aromatic nitrogens is 3. The molecule has 0 bridgehead atoms. The summed E-state index contributed by atoms with van der Waals surface area (Å²) in [6.45, 7) is 5.07. The Labute approximate surface area is 203 Å². The fourth-order valence-electron chi connectivity index (χ4n) is 3.15. The maximum atomic E-state index is 14.5. The lowest BCUT2D eigenvalue weighted by Gasteiger charge is -2.07. The van der Waals surface area contributed by atoms with Gasteiger partial charge in [0.15, 0.2) is 5.13 Å². The van der Waals surface area contributed by atoms with Crippen molar-refractivity contribution in [2.75, 3.05) is 10.6 Å². The number of rotatable bonds is 7. The first-order valence-corrected chi connectivity index (χ1v) is 12.0. The van der Waals surface area contributed by atoms with Crippen molar-refractivity contribution in [3.63, 3.8) is 0 Å².